The van der Waals surface area contributed by atoms with Crippen molar-refractivity contribution in [3.63, 3.8) is 0 Å². The number of benzene rings is 4. The van der Waals surface area contributed by atoms with Gasteiger partial charge in [-0.3, -0.25) is 49.2 Å². The van der Waals surface area contributed by atoms with Crippen LogP contribution >= 0.6 is 11.6 Å². The number of unbranched alkanes of at least 4 members (excludes halogenated alkanes) is 4. The zero-order chi connectivity index (χ0) is 61.7. The molecule has 88 heavy (non-hydrogen) atoms. The average molecular weight is 1230 g/mol. The predicted molar refractivity (Wildman–Crippen MR) is 336 cm³/mol. The molecule has 1 aliphatic carbocycles. The molecule has 0 saturated carbocycles. The number of hydrogen-bond donors (Lipinski definition) is 4. The van der Waals surface area contributed by atoms with Crippen molar-refractivity contribution in [1.82, 2.24) is 34.7 Å². The van der Waals surface area contributed by atoms with Crippen LogP contribution in [-0.4, -0.2) is 132 Å². The van der Waals surface area contributed by atoms with E-state index in [9.17, 15) is 42.5 Å². The lowest BCUT2D eigenvalue weighted by atomic mass is 9.72. The van der Waals surface area contributed by atoms with Crippen molar-refractivity contribution in [2.24, 2.45) is 11.3 Å². The first-order valence-corrected chi connectivity index (χ1v) is 32.1. The number of pyridine rings is 1. The maximum absolute atomic E-state index is 14.2. The summed E-state index contributed by atoms with van der Waals surface area (Å²) in [5.74, 6) is 3.72. The summed E-state index contributed by atoms with van der Waals surface area (Å²) in [7, 11) is -4.64. The number of likely N-dealkylation sites (tertiary alicyclic amines) is 1. The number of allylic oxidation sites excluding steroid dienone is 1. The number of ether oxygens (including phenoxy) is 1. The van der Waals surface area contributed by atoms with Crippen molar-refractivity contribution < 1.29 is 42.1 Å². The number of carbonyl (C=O) groups excluding carboxylic acids is 5. The summed E-state index contributed by atoms with van der Waals surface area (Å²) in [5.41, 5.74) is 6.39. The Morgan fingerprint density at radius 2 is 1.67 bits per heavy atom. The Balaban J connectivity index is 0.669. The number of aromatic nitrogens is 2. The van der Waals surface area contributed by atoms with Crippen LogP contribution in [0, 0.1) is 33.3 Å². The number of aromatic amines is 1. The van der Waals surface area contributed by atoms with E-state index >= 15 is 0 Å². The molecule has 4 N–H and O–H groups in total. The minimum atomic E-state index is -4.64. The van der Waals surface area contributed by atoms with Crippen molar-refractivity contribution in [2.45, 2.75) is 102 Å². The number of amides is 5. The lowest BCUT2D eigenvalue weighted by Gasteiger charge is -2.39. The number of halogens is 1. The van der Waals surface area contributed by atoms with E-state index < -0.39 is 61.1 Å². The van der Waals surface area contributed by atoms with Crippen molar-refractivity contribution >= 4 is 84.8 Å². The highest BCUT2D eigenvalue weighted by atomic mass is 35.5. The number of nitro groups is 1. The monoisotopic (exact) mass is 1230 g/mol. The molecular formula is C66H71ClN10O10S. The standard InChI is InChI=1S/C66H71ClN10O10S/c1-66(2)26-24-47(55(38-66)45-13-15-48(67)16-14-45)42-74-30-32-75(33-31-74)49-17-20-53(59(36-49)87-50-35-46-25-27-68-61(46)70-40-50)62(79)72-88(85,86)51-18-21-56(58(37-51)77(83)84)69-39-44-11-9-29-73(41-44)28-8-6-4-3-5-7-10-43-12-19-52-54(34-43)65(82)76(64(52)81)57-22-23-60(78)71-63(57)80/h12-21,25,27,34-37,40,44,57,69H,3-6,8-9,11,22-24,26,28-33,38-39,41-42H2,1-2H3,(H,68,70)(H,72,79)(H,71,78,80). The summed E-state index contributed by atoms with van der Waals surface area (Å²) in [6.45, 7) is 11.6. The van der Waals surface area contributed by atoms with Gasteiger partial charge in [-0.1, -0.05) is 67.8 Å². The van der Waals surface area contributed by atoms with Crippen molar-refractivity contribution in [1.29, 1.82) is 0 Å². The van der Waals surface area contributed by atoms with Gasteiger partial charge < -0.3 is 24.8 Å². The quantitative estimate of drug-likeness (QED) is 0.0182. The third-order valence-electron chi connectivity index (χ3n) is 17.4. The van der Waals surface area contributed by atoms with Gasteiger partial charge >= 0.3 is 0 Å². The van der Waals surface area contributed by atoms with Crippen LogP contribution in [0.2, 0.25) is 5.02 Å². The van der Waals surface area contributed by atoms with Crippen LogP contribution in [0.4, 0.5) is 17.1 Å². The molecule has 11 rings (SSSR count). The Morgan fingerprint density at radius 3 is 2.47 bits per heavy atom. The number of carbonyl (C=O) groups is 5. The molecule has 5 aliphatic rings. The number of piperidine rings is 2. The second kappa shape index (κ2) is 26.5. The predicted octanol–water partition coefficient (Wildman–Crippen LogP) is 10.3. The SMILES string of the molecule is CC1(C)CCC(CN2CCN(c3ccc(C(=O)NS(=O)(=O)c4ccc(NCC5CCCN(CCCCCCC#Cc6ccc7c(c6)C(=O)N(C6CCC(=O)NC6=O)C7=O)C5)c([N+](=O)[O-])c4)c(Oc4cnc5[nH]ccc5c4)c3)CC2)=C(c2ccc(Cl)cc2)C1. The number of piperazine rings is 1. The van der Waals surface area contributed by atoms with E-state index in [4.69, 9.17) is 16.3 Å². The maximum Gasteiger partial charge on any atom is 0.293 e. The van der Waals surface area contributed by atoms with Gasteiger partial charge in [0.25, 0.3) is 33.4 Å². The molecule has 22 heteroatoms. The van der Waals surface area contributed by atoms with Gasteiger partial charge in [0, 0.05) is 98.6 Å². The Morgan fingerprint density at radius 1 is 0.875 bits per heavy atom. The number of fused-ring (bicyclic) bond motifs is 2. The van der Waals surface area contributed by atoms with Gasteiger partial charge in [0.15, 0.2) is 0 Å². The minimum Gasteiger partial charge on any atom is -0.455 e. The van der Waals surface area contributed by atoms with Gasteiger partial charge in [0.05, 0.1) is 32.7 Å². The number of nitrogens with zero attached hydrogens (tertiary/aromatic N) is 6. The zero-order valence-electron chi connectivity index (χ0n) is 49.4. The second-order valence-electron chi connectivity index (χ2n) is 24.3. The minimum absolute atomic E-state index is 0.0510. The molecule has 3 fully saturated rings. The van der Waals surface area contributed by atoms with Gasteiger partial charge in [-0.25, -0.2) is 18.1 Å². The summed E-state index contributed by atoms with van der Waals surface area (Å²) in [5, 5.41) is 19.4. The van der Waals surface area contributed by atoms with E-state index in [1.807, 2.05) is 18.2 Å². The first kappa shape index (κ1) is 61.2. The van der Waals surface area contributed by atoms with E-state index in [0.29, 0.717) is 48.0 Å². The number of imide groups is 2. The maximum atomic E-state index is 14.2. The van der Waals surface area contributed by atoms with E-state index in [1.54, 1.807) is 42.6 Å². The summed E-state index contributed by atoms with van der Waals surface area (Å²) >= 11 is 6.27. The number of H-pyrrole nitrogens is 1. The number of rotatable bonds is 20. The van der Waals surface area contributed by atoms with Crippen LogP contribution in [0.1, 0.15) is 133 Å². The first-order valence-electron chi connectivity index (χ1n) is 30.2. The molecule has 2 atom stereocenters. The molecule has 4 aliphatic heterocycles. The fourth-order valence-electron chi connectivity index (χ4n) is 12.6. The molecule has 2 unspecified atom stereocenters. The van der Waals surface area contributed by atoms with Gasteiger partial charge in [-0.2, -0.15) is 0 Å². The highest BCUT2D eigenvalue weighted by Crippen LogP contribution is 2.44. The largest absolute Gasteiger partial charge is 0.455 e. The topological polar surface area (TPSA) is 250 Å². The molecule has 0 spiro atoms. The number of nitrogens with one attached hydrogen (secondary N) is 4. The van der Waals surface area contributed by atoms with Crippen molar-refractivity contribution in [2.75, 3.05) is 69.1 Å². The molecule has 20 nitrogen and oxygen atoms in total. The summed E-state index contributed by atoms with van der Waals surface area (Å²) in [4.78, 5) is 91.4. The van der Waals surface area contributed by atoms with Gasteiger partial charge in [0.2, 0.25) is 11.8 Å². The van der Waals surface area contributed by atoms with Crippen LogP contribution in [0.5, 0.6) is 11.5 Å². The summed E-state index contributed by atoms with van der Waals surface area (Å²) in [6, 6.07) is 24.2. The molecule has 0 bridgehead atoms. The van der Waals surface area contributed by atoms with Crippen LogP contribution in [0.3, 0.4) is 0 Å². The lowest BCUT2D eigenvalue weighted by Crippen LogP contribution is -2.54. The molecule has 458 valence electrons. The Labute approximate surface area is 516 Å². The summed E-state index contributed by atoms with van der Waals surface area (Å²) < 4.78 is 36.5. The number of nitro benzene ring substituents is 1. The van der Waals surface area contributed by atoms with E-state index in [2.05, 4.69) is 77.8 Å². The number of hydrogen-bond acceptors (Lipinski definition) is 15. The van der Waals surface area contributed by atoms with Gasteiger partial charge in [0.1, 0.15) is 28.9 Å². The molecule has 4 aromatic carbocycles. The third kappa shape index (κ3) is 14.3. The highest BCUT2D eigenvalue weighted by molar-refractivity contribution is 7.90. The van der Waals surface area contributed by atoms with E-state index in [-0.39, 0.29) is 52.3 Å². The molecular weight excluding hydrogens is 1160 g/mol. The van der Waals surface area contributed by atoms with E-state index in [1.165, 1.54) is 41.1 Å². The molecule has 0 radical (unpaired) electrons. The molecule has 6 aromatic rings. The van der Waals surface area contributed by atoms with Crippen LogP contribution < -0.4 is 25.0 Å². The van der Waals surface area contributed by atoms with Crippen LogP contribution in [-0.2, 0) is 19.6 Å². The zero-order valence-corrected chi connectivity index (χ0v) is 50.9. The van der Waals surface area contributed by atoms with Crippen LogP contribution in [0.15, 0.2) is 114 Å². The normalized spacial score (nSPS) is 19.1. The third-order valence-corrected chi connectivity index (χ3v) is 19.0. The average Bonchev–Trinajstić information content (AvgIpc) is 2.35. The summed E-state index contributed by atoms with van der Waals surface area (Å²) in [6.07, 6.45) is 13.0. The Kier molecular flexibility index (Phi) is 18.4. The molecule has 3 saturated heterocycles. The molecule has 2 aromatic heterocycles. The van der Waals surface area contributed by atoms with Crippen molar-refractivity contribution in [3.05, 3.63) is 152 Å². The number of sulfonamides is 1. The molecule has 6 heterocycles. The van der Waals surface area contributed by atoms with Crippen LogP contribution in [0.25, 0.3) is 16.6 Å². The van der Waals surface area contributed by atoms with Crippen molar-refractivity contribution in [3.8, 4) is 23.3 Å². The van der Waals surface area contributed by atoms with Gasteiger partial charge in [-0.15, -0.1) is 0 Å². The fraction of sp³-hybridized carbons (Fsp3) is 0.394. The lowest BCUT2D eigenvalue weighted by molar-refractivity contribution is -0.384. The van der Waals surface area contributed by atoms with Gasteiger partial charge in [-0.05, 0) is 154 Å². The Hall–Kier alpha value is -8.42. The molecule has 5 amide bonds. The smallest absolute Gasteiger partial charge is 0.293 e. The highest BCUT2D eigenvalue weighted by Gasteiger charge is 2.45. The Bertz CT molecular complexity index is 3920. The first-order chi connectivity index (χ1) is 42.3. The van der Waals surface area contributed by atoms with E-state index in [0.717, 1.165) is 119 Å². The second-order valence-corrected chi connectivity index (χ2v) is 26.4. The fourth-order valence-corrected chi connectivity index (χ4v) is 13.7. The number of anilines is 2.